The van der Waals surface area contributed by atoms with Gasteiger partial charge in [0.1, 0.15) is 0 Å². The van der Waals surface area contributed by atoms with E-state index in [9.17, 15) is 0 Å². The van der Waals surface area contributed by atoms with E-state index in [1.165, 1.54) is 0 Å². The van der Waals surface area contributed by atoms with Gasteiger partial charge in [-0.1, -0.05) is 13.8 Å². The lowest BCUT2D eigenvalue weighted by atomic mass is 10.1. The Kier molecular flexibility index (Phi) is 3.99. The number of H-pyrrole nitrogens is 1. The molecule has 1 rings (SSSR count). The van der Waals surface area contributed by atoms with Crippen LogP contribution >= 0.6 is 0 Å². The molecule has 0 radical (unpaired) electrons. The lowest BCUT2D eigenvalue weighted by Crippen LogP contribution is -2.36. The summed E-state index contributed by atoms with van der Waals surface area (Å²) in [6.45, 7) is 5.18. The minimum Gasteiger partial charge on any atom is -0.395 e. The van der Waals surface area contributed by atoms with Gasteiger partial charge in [0.05, 0.1) is 6.61 Å². The number of hydrogen-bond acceptors (Lipinski definition) is 2. The first-order valence-corrected chi connectivity index (χ1v) is 4.70. The van der Waals surface area contributed by atoms with Crippen molar-refractivity contribution in [3.05, 3.63) is 24.0 Å². The van der Waals surface area contributed by atoms with E-state index in [0.29, 0.717) is 5.92 Å². The lowest BCUT2D eigenvalue weighted by Gasteiger charge is -2.19. The van der Waals surface area contributed by atoms with E-state index >= 15 is 0 Å². The van der Waals surface area contributed by atoms with E-state index in [0.717, 1.165) is 12.2 Å². The fourth-order valence-electron chi connectivity index (χ4n) is 1.23. The first-order valence-electron chi connectivity index (χ1n) is 4.70. The van der Waals surface area contributed by atoms with E-state index in [-0.39, 0.29) is 12.6 Å². The van der Waals surface area contributed by atoms with Crippen molar-refractivity contribution in [2.24, 2.45) is 5.92 Å². The Morgan fingerprint density at radius 3 is 2.77 bits per heavy atom. The normalized spacial score (nSPS) is 13.5. The molecule has 3 heteroatoms. The number of aromatic nitrogens is 1. The average Bonchev–Trinajstić information content (AvgIpc) is 2.57. The maximum absolute atomic E-state index is 9.05. The van der Waals surface area contributed by atoms with Crippen molar-refractivity contribution >= 4 is 0 Å². The van der Waals surface area contributed by atoms with E-state index in [1.807, 2.05) is 18.3 Å². The van der Waals surface area contributed by atoms with Gasteiger partial charge in [-0.05, 0) is 18.1 Å². The molecule has 0 aromatic carbocycles. The van der Waals surface area contributed by atoms with Crippen LogP contribution in [0.4, 0.5) is 0 Å². The monoisotopic (exact) mass is 182 g/mol. The van der Waals surface area contributed by atoms with Crippen LogP contribution in [0, 0.1) is 5.92 Å². The second-order valence-electron chi connectivity index (χ2n) is 3.61. The van der Waals surface area contributed by atoms with Crippen molar-refractivity contribution in [2.75, 3.05) is 6.61 Å². The van der Waals surface area contributed by atoms with Gasteiger partial charge < -0.3 is 15.4 Å². The van der Waals surface area contributed by atoms with Crippen LogP contribution in [-0.4, -0.2) is 22.7 Å². The van der Waals surface area contributed by atoms with Crippen molar-refractivity contribution in [3.8, 4) is 0 Å². The fourth-order valence-corrected chi connectivity index (χ4v) is 1.23. The predicted molar refractivity (Wildman–Crippen MR) is 53.3 cm³/mol. The molecule has 3 nitrogen and oxygen atoms in total. The molecule has 1 aromatic heterocycles. The van der Waals surface area contributed by atoms with Gasteiger partial charge in [0.15, 0.2) is 0 Å². The maximum atomic E-state index is 9.05. The summed E-state index contributed by atoms with van der Waals surface area (Å²) >= 11 is 0. The maximum Gasteiger partial charge on any atom is 0.0587 e. The van der Waals surface area contributed by atoms with Crippen LogP contribution in [0.3, 0.4) is 0 Å². The Bertz CT molecular complexity index is 219. The van der Waals surface area contributed by atoms with Crippen molar-refractivity contribution in [1.29, 1.82) is 0 Å². The summed E-state index contributed by atoms with van der Waals surface area (Å²) in [7, 11) is 0. The molecule has 0 aliphatic heterocycles. The minimum absolute atomic E-state index is 0.184. The topological polar surface area (TPSA) is 48.0 Å². The van der Waals surface area contributed by atoms with Crippen molar-refractivity contribution in [1.82, 2.24) is 10.3 Å². The number of aliphatic hydroxyl groups excluding tert-OH is 1. The SMILES string of the molecule is CC(C)[C@@H](CO)NCc1ccc[nH]1. The van der Waals surface area contributed by atoms with Crippen LogP contribution < -0.4 is 5.32 Å². The highest BCUT2D eigenvalue weighted by atomic mass is 16.3. The average molecular weight is 182 g/mol. The van der Waals surface area contributed by atoms with Gasteiger partial charge in [0, 0.05) is 24.5 Å². The highest BCUT2D eigenvalue weighted by Crippen LogP contribution is 2.02. The molecule has 0 unspecified atom stereocenters. The molecular formula is C10H18N2O. The summed E-state index contributed by atoms with van der Waals surface area (Å²) in [5, 5.41) is 12.3. The molecule has 3 N–H and O–H groups in total. The molecular weight excluding hydrogens is 164 g/mol. The third-order valence-corrected chi connectivity index (χ3v) is 2.22. The van der Waals surface area contributed by atoms with Gasteiger partial charge in [0.2, 0.25) is 0 Å². The molecule has 0 amide bonds. The Morgan fingerprint density at radius 1 is 1.54 bits per heavy atom. The van der Waals surface area contributed by atoms with Gasteiger partial charge in [0.25, 0.3) is 0 Å². The summed E-state index contributed by atoms with van der Waals surface area (Å²) in [6.07, 6.45) is 1.90. The van der Waals surface area contributed by atoms with E-state index in [4.69, 9.17) is 5.11 Å². The molecule has 1 aromatic rings. The molecule has 1 heterocycles. The predicted octanol–water partition coefficient (Wildman–Crippen LogP) is 1.12. The zero-order valence-electron chi connectivity index (χ0n) is 8.25. The number of rotatable bonds is 5. The second-order valence-corrected chi connectivity index (χ2v) is 3.61. The summed E-state index contributed by atoms with van der Waals surface area (Å²) in [5.74, 6) is 0.458. The van der Waals surface area contributed by atoms with Gasteiger partial charge in [-0.3, -0.25) is 0 Å². The number of aliphatic hydroxyl groups is 1. The third kappa shape index (κ3) is 3.20. The minimum atomic E-state index is 0.184. The van der Waals surface area contributed by atoms with Crippen molar-refractivity contribution in [3.63, 3.8) is 0 Å². The first-order chi connectivity index (χ1) is 6.24. The number of aromatic amines is 1. The van der Waals surface area contributed by atoms with Crippen LogP contribution in [0.25, 0.3) is 0 Å². The molecule has 0 spiro atoms. The smallest absolute Gasteiger partial charge is 0.0587 e. The fraction of sp³-hybridized carbons (Fsp3) is 0.600. The van der Waals surface area contributed by atoms with Gasteiger partial charge in [-0.15, -0.1) is 0 Å². The molecule has 1 atom stereocenters. The van der Waals surface area contributed by atoms with Crippen LogP contribution in [0.1, 0.15) is 19.5 Å². The molecule has 0 aliphatic carbocycles. The first kappa shape index (κ1) is 10.3. The summed E-state index contributed by atoms with van der Waals surface area (Å²) in [4.78, 5) is 3.11. The van der Waals surface area contributed by atoms with Crippen molar-refractivity contribution in [2.45, 2.75) is 26.4 Å². The molecule has 0 aliphatic rings. The highest BCUT2D eigenvalue weighted by molar-refractivity contribution is 5.03. The molecule has 74 valence electrons. The van der Waals surface area contributed by atoms with E-state index < -0.39 is 0 Å². The quantitative estimate of drug-likeness (QED) is 0.639. The molecule has 0 fully saturated rings. The Balaban J connectivity index is 2.32. The number of nitrogens with one attached hydrogen (secondary N) is 2. The van der Waals surface area contributed by atoms with E-state index in [2.05, 4.69) is 24.1 Å². The lowest BCUT2D eigenvalue weighted by molar-refractivity contribution is 0.210. The summed E-state index contributed by atoms with van der Waals surface area (Å²) < 4.78 is 0. The third-order valence-electron chi connectivity index (χ3n) is 2.22. The standard InChI is InChI=1S/C10H18N2O/c1-8(2)10(7-13)12-6-9-4-3-5-11-9/h3-5,8,10-13H,6-7H2,1-2H3/t10-/m1/s1. The van der Waals surface area contributed by atoms with E-state index in [1.54, 1.807) is 0 Å². The van der Waals surface area contributed by atoms with Crippen LogP contribution in [-0.2, 0) is 6.54 Å². The summed E-state index contributed by atoms with van der Waals surface area (Å²) in [6, 6.07) is 4.19. The van der Waals surface area contributed by atoms with Crippen LogP contribution in [0.2, 0.25) is 0 Å². The van der Waals surface area contributed by atoms with Gasteiger partial charge >= 0.3 is 0 Å². The summed E-state index contributed by atoms with van der Waals surface area (Å²) in [5.41, 5.74) is 1.15. The highest BCUT2D eigenvalue weighted by Gasteiger charge is 2.10. The zero-order chi connectivity index (χ0) is 9.68. The Hall–Kier alpha value is -0.800. The number of hydrogen-bond donors (Lipinski definition) is 3. The van der Waals surface area contributed by atoms with Crippen LogP contribution in [0.15, 0.2) is 18.3 Å². The molecule has 0 saturated heterocycles. The molecule has 0 bridgehead atoms. The largest absolute Gasteiger partial charge is 0.395 e. The van der Waals surface area contributed by atoms with Gasteiger partial charge in [-0.2, -0.15) is 0 Å². The Morgan fingerprint density at radius 2 is 2.31 bits per heavy atom. The zero-order valence-corrected chi connectivity index (χ0v) is 8.25. The second kappa shape index (κ2) is 5.04. The Labute approximate surface area is 79.2 Å². The van der Waals surface area contributed by atoms with Gasteiger partial charge in [-0.25, -0.2) is 0 Å². The van der Waals surface area contributed by atoms with Crippen molar-refractivity contribution < 1.29 is 5.11 Å². The molecule has 0 saturated carbocycles. The molecule has 13 heavy (non-hydrogen) atoms. The van der Waals surface area contributed by atoms with Crippen LogP contribution in [0.5, 0.6) is 0 Å².